The van der Waals surface area contributed by atoms with Gasteiger partial charge in [-0.25, -0.2) is 0 Å². The molecule has 1 heterocycles. The summed E-state index contributed by atoms with van der Waals surface area (Å²) in [5.74, 6) is -0.500. The van der Waals surface area contributed by atoms with Crippen LogP contribution in [0.15, 0.2) is 54.6 Å². The number of hydrogen-bond donors (Lipinski definition) is 2. The number of benzene rings is 2. The summed E-state index contributed by atoms with van der Waals surface area (Å²) in [6.45, 7) is 5.95. The Kier molecular flexibility index (Phi) is 6.49. The van der Waals surface area contributed by atoms with Crippen molar-refractivity contribution in [2.24, 2.45) is 0 Å². The molecule has 0 bridgehead atoms. The van der Waals surface area contributed by atoms with Crippen LogP contribution in [-0.4, -0.2) is 54.8 Å². The predicted octanol–water partition coefficient (Wildman–Crippen LogP) is 2.11. The van der Waals surface area contributed by atoms with Crippen LogP contribution < -0.4 is 15.5 Å². The molecule has 3 amide bonds. The Labute approximate surface area is 170 Å². The highest BCUT2D eigenvalue weighted by Gasteiger charge is 2.22. The van der Waals surface area contributed by atoms with Crippen molar-refractivity contribution in [1.82, 2.24) is 10.2 Å². The molecule has 7 nitrogen and oxygen atoms in total. The van der Waals surface area contributed by atoms with E-state index in [-0.39, 0.29) is 17.7 Å². The van der Waals surface area contributed by atoms with Crippen LogP contribution in [-0.2, 0) is 9.59 Å². The van der Waals surface area contributed by atoms with E-state index >= 15 is 0 Å². The van der Waals surface area contributed by atoms with Crippen molar-refractivity contribution in [2.75, 3.05) is 36.4 Å². The van der Waals surface area contributed by atoms with E-state index in [9.17, 15) is 14.4 Å². The van der Waals surface area contributed by atoms with Crippen molar-refractivity contribution in [3.63, 3.8) is 0 Å². The SMILES string of the molecule is CC(=O)N1CCN(c2ccccc2NC(=O)C(C)NC(=O)c2ccccc2)CC1. The Morgan fingerprint density at radius 2 is 1.52 bits per heavy atom. The van der Waals surface area contributed by atoms with Gasteiger partial charge in [-0.15, -0.1) is 0 Å². The molecule has 1 aliphatic rings. The fraction of sp³-hybridized carbons (Fsp3) is 0.318. The molecular formula is C22H26N4O3. The molecule has 2 aromatic carbocycles. The molecule has 2 aromatic rings. The molecule has 0 spiro atoms. The first kappa shape index (κ1) is 20.4. The second-order valence-corrected chi connectivity index (χ2v) is 7.06. The van der Waals surface area contributed by atoms with Crippen LogP contribution in [0.5, 0.6) is 0 Å². The molecule has 2 N–H and O–H groups in total. The van der Waals surface area contributed by atoms with Crippen LogP contribution in [0.4, 0.5) is 11.4 Å². The van der Waals surface area contributed by atoms with E-state index in [1.165, 1.54) is 0 Å². The number of piperazine rings is 1. The summed E-state index contributed by atoms with van der Waals surface area (Å²) in [6.07, 6.45) is 0. The Balaban J connectivity index is 1.63. The molecule has 3 rings (SSSR count). The summed E-state index contributed by atoms with van der Waals surface area (Å²) in [4.78, 5) is 40.4. The summed E-state index contributed by atoms with van der Waals surface area (Å²) in [5.41, 5.74) is 2.11. The number of amides is 3. The number of anilines is 2. The predicted molar refractivity (Wildman–Crippen MR) is 113 cm³/mol. The standard InChI is InChI=1S/C22H26N4O3/c1-16(23-22(29)18-8-4-3-5-9-18)21(28)24-19-10-6-7-11-20(19)26-14-12-25(13-15-26)17(2)27/h3-11,16H,12-15H2,1-2H3,(H,23,29)(H,24,28). The molecule has 0 radical (unpaired) electrons. The van der Waals surface area contributed by atoms with Crippen LogP contribution in [0.25, 0.3) is 0 Å². The minimum atomic E-state index is -0.690. The molecule has 152 valence electrons. The van der Waals surface area contributed by atoms with Crippen molar-refractivity contribution in [3.05, 3.63) is 60.2 Å². The molecule has 7 heteroatoms. The van der Waals surface area contributed by atoms with E-state index in [0.717, 1.165) is 5.69 Å². The quantitative estimate of drug-likeness (QED) is 0.814. The Morgan fingerprint density at radius 1 is 0.897 bits per heavy atom. The number of para-hydroxylation sites is 2. The second kappa shape index (κ2) is 9.23. The zero-order valence-corrected chi connectivity index (χ0v) is 16.7. The monoisotopic (exact) mass is 394 g/mol. The lowest BCUT2D eigenvalue weighted by Gasteiger charge is -2.36. The molecule has 1 aliphatic heterocycles. The van der Waals surface area contributed by atoms with Crippen LogP contribution >= 0.6 is 0 Å². The van der Waals surface area contributed by atoms with Gasteiger partial charge >= 0.3 is 0 Å². The van der Waals surface area contributed by atoms with E-state index in [0.29, 0.717) is 37.4 Å². The van der Waals surface area contributed by atoms with Crippen LogP contribution in [0.1, 0.15) is 24.2 Å². The number of hydrogen-bond acceptors (Lipinski definition) is 4. The first-order valence-corrected chi connectivity index (χ1v) is 9.72. The summed E-state index contributed by atoms with van der Waals surface area (Å²) in [6, 6.07) is 15.7. The van der Waals surface area contributed by atoms with Gasteiger partial charge in [-0.1, -0.05) is 30.3 Å². The maximum absolute atomic E-state index is 12.7. The van der Waals surface area contributed by atoms with E-state index < -0.39 is 6.04 Å². The number of rotatable bonds is 5. The highest BCUT2D eigenvalue weighted by Crippen LogP contribution is 2.26. The topological polar surface area (TPSA) is 81.8 Å². The lowest BCUT2D eigenvalue weighted by molar-refractivity contribution is -0.129. The molecule has 1 unspecified atom stereocenters. The van der Waals surface area contributed by atoms with Crippen LogP contribution in [0, 0.1) is 0 Å². The smallest absolute Gasteiger partial charge is 0.251 e. The van der Waals surface area contributed by atoms with Gasteiger partial charge in [0.15, 0.2) is 0 Å². The Bertz CT molecular complexity index is 877. The number of nitrogens with zero attached hydrogens (tertiary/aromatic N) is 2. The number of carbonyl (C=O) groups is 3. The molecule has 29 heavy (non-hydrogen) atoms. The molecule has 0 saturated carbocycles. The molecule has 1 atom stereocenters. The molecule has 1 fully saturated rings. The third-order valence-corrected chi connectivity index (χ3v) is 5.00. The van der Waals surface area contributed by atoms with Crippen LogP contribution in [0.2, 0.25) is 0 Å². The normalized spacial score (nSPS) is 14.8. The first-order chi connectivity index (χ1) is 14.0. The van der Waals surface area contributed by atoms with Gasteiger partial charge < -0.3 is 20.4 Å². The summed E-state index contributed by atoms with van der Waals surface area (Å²) < 4.78 is 0. The Morgan fingerprint density at radius 3 is 2.17 bits per heavy atom. The van der Waals surface area contributed by atoms with E-state index in [1.54, 1.807) is 38.1 Å². The first-order valence-electron chi connectivity index (χ1n) is 9.72. The summed E-state index contributed by atoms with van der Waals surface area (Å²) in [5, 5.41) is 5.65. The third-order valence-electron chi connectivity index (χ3n) is 5.00. The van der Waals surface area contributed by atoms with E-state index in [2.05, 4.69) is 15.5 Å². The number of carbonyl (C=O) groups excluding carboxylic acids is 3. The second-order valence-electron chi connectivity index (χ2n) is 7.06. The molecule has 1 saturated heterocycles. The maximum Gasteiger partial charge on any atom is 0.251 e. The van der Waals surface area contributed by atoms with Gasteiger partial charge in [-0.2, -0.15) is 0 Å². The van der Waals surface area contributed by atoms with Gasteiger partial charge in [0.2, 0.25) is 11.8 Å². The van der Waals surface area contributed by atoms with Crippen molar-refractivity contribution >= 4 is 29.1 Å². The average molecular weight is 394 g/mol. The average Bonchev–Trinajstić information content (AvgIpc) is 2.74. The van der Waals surface area contributed by atoms with Crippen molar-refractivity contribution in [2.45, 2.75) is 19.9 Å². The summed E-state index contributed by atoms with van der Waals surface area (Å²) in [7, 11) is 0. The zero-order valence-electron chi connectivity index (χ0n) is 16.7. The van der Waals surface area contributed by atoms with E-state index in [1.807, 2.05) is 35.2 Å². The van der Waals surface area contributed by atoms with Gasteiger partial charge in [0.05, 0.1) is 11.4 Å². The van der Waals surface area contributed by atoms with E-state index in [4.69, 9.17) is 0 Å². The molecule has 0 aromatic heterocycles. The van der Waals surface area contributed by atoms with Gasteiger partial charge in [0.1, 0.15) is 6.04 Å². The minimum Gasteiger partial charge on any atom is -0.366 e. The zero-order chi connectivity index (χ0) is 20.8. The van der Waals surface area contributed by atoms with Gasteiger partial charge in [0, 0.05) is 38.7 Å². The fourth-order valence-electron chi connectivity index (χ4n) is 3.29. The summed E-state index contributed by atoms with van der Waals surface area (Å²) >= 11 is 0. The maximum atomic E-state index is 12.7. The lowest BCUT2D eigenvalue weighted by Crippen LogP contribution is -2.48. The fourth-order valence-corrected chi connectivity index (χ4v) is 3.29. The lowest BCUT2D eigenvalue weighted by atomic mass is 10.2. The van der Waals surface area contributed by atoms with Gasteiger partial charge in [0.25, 0.3) is 5.91 Å². The van der Waals surface area contributed by atoms with Crippen molar-refractivity contribution < 1.29 is 14.4 Å². The van der Waals surface area contributed by atoms with Crippen LogP contribution in [0.3, 0.4) is 0 Å². The molecule has 0 aliphatic carbocycles. The Hall–Kier alpha value is -3.35. The third kappa shape index (κ3) is 5.13. The van der Waals surface area contributed by atoms with Crippen molar-refractivity contribution in [3.8, 4) is 0 Å². The highest BCUT2D eigenvalue weighted by molar-refractivity contribution is 6.02. The van der Waals surface area contributed by atoms with Gasteiger partial charge in [-0.05, 0) is 31.2 Å². The largest absolute Gasteiger partial charge is 0.366 e. The highest BCUT2D eigenvalue weighted by atomic mass is 16.2. The molecular weight excluding hydrogens is 368 g/mol. The number of nitrogens with one attached hydrogen (secondary N) is 2. The van der Waals surface area contributed by atoms with Crippen molar-refractivity contribution in [1.29, 1.82) is 0 Å². The minimum absolute atomic E-state index is 0.0780. The van der Waals surface area contributed by atoms with Gasteiger partial charge in [-0.3, -0.25) is 14.4 Å².